The summed E-state index contributed by atoms with van der Waals surface area (Å²) in [6, 6.07) is 0. The molecular formula is C22H28F12O4. The van der Waals surface area contributed by atoms with Crippen LogP contribution >= 0.6 is 0 Å². The second kappa shape index (κ2) is 9.00. The number of rotatable bonds is 8. The Morgan fingerprint density at radius 3 is 1.42 bits per heavy atom. The maximum Gasteiger partial charge on any atom is 0.426 e. The molecule has 4 fully saturated rings. The highest BCUT2D eigenvalue weighted by Crippen LogP contribution is 2.77. The molecule has 0 spiro atoms. The van der Waals surface area contributed by atoms with Gasteiger partial charge in [-0.25, -0.2) is 0 Å². The van der Waals surface area contributed by atoms with E-state index < -0.39 is 103 Å². The first-order valence-corrected chi connectivity index (χ1v) is 11.8. The molecule has 3 unspecified atom stereocenters. The molecule has 4 bridgehead atoms. The zero-order chi connectivity index (χ0) is 29.4. The van der Waals surface area contributed by atoms with Crippen LogP contribution in [0.1, 0.15) is 58.8 Å². The van der Waals surface area contributed by atoms with Crippen LogP contribution in [-0.2, 0) is 9.47 Å². The Bertz CT molecular complexity index is 796. The predicted octanol–water partition coefficient (Wildman–Crippen LogP) is 6.24. The third kappa shape index (κ3) is 4.39. The smallest absolute Gasteiger partial charge is 0.376 e. The number of alkyl halides is 12. The van der Waals surface area contributed by atoms with Gasteiger partial charge in [0.15, 0.2) is 0 Å². The van der Waals surface area contributed by atoms with Crippen molar-refractivity contribution in [2.75, 3.05) is 13.2 Å². The van der Waals surface area contributed by atoms with E-state index in [1.54, 1.807) is 13.8 Å². The van der Waals surface area contributed by atoms with Crippen LogP contribution in [-0.4, -0.2) is 71.0 Å². The molecule has 4 rings (SSSR count). The van der Waals surface area contributed by atoms with Crippen molar-refractivity contribution in [3.05, 3.63) is 0 Å². The first-order chi connectivity index (χ1) is 16.9. The summed E-state index contributed by atoms with van der Waals surface area (Å²) >= 11 is 0. The van der Waals surface area contributed by atoms with Crippen LogP contribution in [0.2, 0.25) is 0 Å². The van der Waals surface area contributed by atoms with Gasteiger partial charge in [-0.05, 0) is 57.8 Å². The van der Waals surface area contributed by atoms with Crippen molar-refractivity contribution in [1.82, 2.24) is 0 Å². The van der Waals surface area contributed by atoms with Gasteiger partial charge in [0.2, 0.25) is 0 Å². The Labute approximate surface area is 209 Å². The largest absolute Gasteiger partial charge is 0.426 e. The summed E-state index contributed by atoms with van der Waals surface area (Å²) in [5.74, 6) is -1.57. The lowest BCUT2D eigenvalue weighted by atomic mass is 9.36. The molecule has 3 atom stereocenters. The molecule has 0 aromatic rings. The highest BCUT2D eigenvalue weighted by molar-refractivity contribution is 5.27. The van der Waals surface area contributed by atoms with E-state index in [0.29, 0.717) is 6.42 Å². The summed E-state index contributed by atoms with van der Waals surface area (Å²) in [4.78, 5) is 0. The summed E-state index contributed by atoms with van der Waals surface area (Å²) in [5, 5.41) is 20.7. The van der Waals surface area contributed by atoms with Gasteiger partial charge in [0, 0.05) is 10.8 Å². The van der Waals surface area contributed by atoms with E-state index in [1.165, 1.54) is 0 Å². The Kier molecular flexibility index (Phi) is 7.47. The van der Waals surface area contributed by atoms with E-state index in [0.717, 1.165) is 0 Å². The summed E-state index contributed by atoms with van der Waals surface area (Å²) in [6.45, 7) is 2.49. The molecule has 224 valence electrons. The highest BCUT2D eigenvalue weighted by Gasteiger charge is 2.89. The summed E-state index contributed by atoms with van der Waals surface area (Å²) in [6.07, 6.45) is -33.4. The Morgan fingerprint density at radius 2 is 1.08 bits per heavy atom. The summed E-state index contributed by atoms with van der Waals surface area (Å²) < 4.78 is 179. The molecule has 0 aromatic heterocycles. The molecule has 4 aliphatic carbocycles. The van der Waals surface area contributed by atoms with Crippen LogP contribution in [0.25, 0.3) is 0 Å². The van der Waals surface area contributed by atoms with Gasteiger partial charge in [-0.2, -0.15) is 52.7 Å². The predicted molar refractivity (Wildman–Crippen MR) is 105 cm³/mol. The van der Waals surface area contributed by atoms with Crippen LogP contribution in [0.5, 0.6) is 0 Å². The van der Waals surface area contributed by atoms with Gasteiger partial charge >= 0.3 is 24.7 Å². The lowest BCUT2D eigenvalue weighted by Gasteiger charge is -2.71. The topological polar surface area (TPSA) is 58.9 Å². The zero-order valence-electron chi connectivity index (χ0n) is 20.3. The quantitative estimate of drug-likeness (QED) is 0.262. The Hall–Kier alpha value is -1.00. The van der Waals surface area contributed by atoms with Crippen molar-refractivity contribution < 1.29 is 72.4 Å². The molecule has 0 aromatic carbocycles. The zero-order valence-corrected chi connectivity index (χ0v) is 20.3. The Balaban J connectivity index is 2.23. The minimum absolute atomic E-state index is 0.299. The highest BCUT2D eigenvalue weighted by atomic mass is 19.4. The van der Waals surface area contributed by atoms with Gasteiger partial charge in [-0.3, -0.25) is 0 Å². The van der Waals surface area contributed by atoms with Crippen molar-refractivity contribution in [3.8, 4) is 0 Å². The number of halogens is 12. The lowest BCUT2D eigenvalue weighted by Crippen LogP contribution is -2.80. The maximum atomic E-state index is 14.0. The molecule has 38 heavy (non-hydrogen) atoms. The molecule has 4 nitrogen and oxygen atoms in total. The van der Waals surface area contributed by atoms with Crippen molar-refractivity contribution in [1.29, 1.82) is 0 Å². The van der Waals surface area contributed by atoms with E-state index in [9.17, 15) is 62.9 Å². The van der Waals surface area contributed by atoms with E-state index in [4.69, 9.17) is 9.47 Å². The van der Waals surface area contributed by atoms with Gasteiger partial charge in [0.05, 0.1) is 24.9 Å². The molecule has 2 N–H and O–H groups in total. The SMILES string of the molecule is CCC(C)OCCOC12CC3CC(C(O)(C(F)(F)F)C(F)(F)F)(C1)CC(C(O)(C(F)(F)F)C(F)(F)F)(C3)C2. The molecule has 0 saturated heterocycles. The minimum Gasteiger partial charge on any atom is -0.376 e. The van der Waals surface area contributed by atoms with E-state index in [-0.39, 0.29) is 12.7 Å². The maximum absolute atomic E-state index is 14.0. The van der Waals surface area contributed by atoms with Crippen molar-refractivity contribution in [2.45, 2.75) is 106 Å². The number of aliphatic hydroxyl groups is 2. The standard InChI is InChI=1S/C22H28F12O4/c1-3-12(2)37-4-5-38-16-8-13-6-14(10-16,17(35,19(23,24)25)20(26,27)28)9-15(7-13,11-16)18(36,21(29,30)31)22(32,33)34/h12-13,35-36H,3-11H2,1-2H3. The van der Waals surface area contributed by atoms with Crippen LogP contribution in [0.15, 0.2) is 0 Å². The number of hydrogen-bond donors (Lipinski definition) is 2. The molecule has 0 radical (unpaired) electrons. The fourth-order valence-corrected chi connectivity index (χ4v) is 7.47. The fraction of sp³-hybridized carbons (Fsp3) is 1.00. The third-order valence-corrected chi connectivity index (χ3v) is 8.66. The first-order valence-electron chi connectivity index (χ1n) is 11.8. The summed E-state index contributed by atoms with van der Waals surface area (Å²) in [7, 11) is 0. The minimum atomic E-state index is -6.52. The van der Waals surface area contributed by atoms with Crippen LogP contribution < -0.4 is 0 Å². The van der Waals surface area contributed by atoms with Gasteiger partial charge < -0.3 is 19.7 Å². The van der Waals surface area contributed by atoms with Crippen LogP contribution in [0, 0.1) is 16.7 Å². The molecule has 0 aliphatic heterocycles. The second-order valence-electron chi connectivity index (χ2n) is 11.1. The van der Waals surface area contributed by atoms with Crippen molar-refractivity contribution in [3.63, 3.8) is 0 Å². The van der Waals surface area contributed by atoms with Crippen LogP contribution in [0.3, 0.4) is 0 Å². The van der Waals surface area contributed by atoms with Gasteiger partial charge in [-0.1, -0.05) is 6.92 Å². The molecule has 4 saturated carbocycles. The van der Waals surface area contributed by atoms with Crippen molar-refractivity contribution >= 4 is 0 Å². The number of hydrogen-bond acceptors (Lipinski definition) is 4. The van der Waals surface area contributed by atoms with E-state index in [1.807, 2.05) is 0 Å². The molecule has 4 aliphatic rings. The van der Waals surface area contributed by atoms with Gasteiger partial charge in [-0.15, -0.1) is 0 Å². The normalized spacial score (nSPS) is 33.6. The van der Waals surface area contributed by atoms with Gasteiger partial charge in [0.1, 0.15) is 0 Å². The average molecular weight is 584 g/mol. The first kappa shape index (κ1) is 31.5. The van der Waals surface area contributed by atoms with Crippen LogP contribution in [0.4, 0.5) is 52.7 Å². The summed E-state index contributed by atoms with van der Waals surface area (Å²) in [5.41, 5.74) is -20.9. The Morgan fingerprint density at radius 1 is 0.684 bits per heavy atom. The van der Waals surface area contributed by atoms with E-state index >= 15 is 0 Å². The molecule has 16 heteroatoms. The molecule has 0 amide bonds. The second-order valence-corrected chi connectivity index (χ2v) is 11.1. The average Bonchev–Trinajstić information content (AvgIpc) is 2.71. The van der Waals surface area contributed by atoms with Crippen molar-refractivity contribution in [2.24, 2.45) is 16.7 Å². The molecule has 0 heterocycles. The van der Waals surface area contributed by atoms with Gasteiger partial charge in [0.25, 0.3) is 11.2 Å². The van der Waals surface area contributed by atoms with E-state index in [2.05, 4.69) is 0 Å². The molecular weight excluding hydrogens is 556 g/mol. The third-order valence-electron chi connectivity index (χ3n) is 8.66. The monoisotopic (exact) mass is 584 g/mol. The fourth-order valence-electron chi connectivity index (χ4n) is 7.47. The number of ether oxygens (including phenoxy) is 2. The lowest BCUT2D eigenvalue weighted by molar-refractivity contribution is -0.458.